The van der Waals surface area contributed by atoms with Gasteiger partial charge >= 0.3 is 0 Å². The van der Waals surface area contributed by atoms with E-state index in [9.17, 15) is 4.79 Å². The van der Waals surface area contributed by atoms with E-state index in [1.807, 2.05) is 29.5 Å². The lowest BCUT2D eigenvalue weighted by Crippen LogP contribution is -2.25. The van der Waals surface area contributed by atoms with Crippen LogP contribution in [-0.2, 0) is 13.6 Å². The van der Waals surface area contributed by atoms with Crippen molar-refractivity contribution in [2.24, 2.45) is 7.05 Å². The summed E-state index contributed by atoms with van der Waals surface area (Å²) >= 11 is 2.01. The number of rotatable bonds is 2. The molecule has 7 heteroatoms. The van der Waals surface area contributed by atoms with E-state index in [1.54, 1.807) is 11.7 Å². The monoisotopic (exact) mass is 331 g/mol. The van der Waals surface area contributed by atoms with Gasteiger partial charge in [0, 0.05) is 7.05 Å². The molecule has 2 aromatic heterocycles. The van der Waals surface area contributed by atoms with Crippen molar-refractivity contribution in [1.82, 2.24) is 24.3 Å². The van der Waals surface area contributed by atoms with E-state index < -0.39 is 0 Å². The van der Waals surface area contributed by atoms with E-state index in [1.165, 1.54) is 17.2 Å². The summed E-state index contributed by atoms with van der Waals surface area (Å²) in [5.41, 5.74) is 0.705. The average molecular weight is 331 g/mol. The van der Waals surface area contributed by atoms with E-state index in [0.29, 0.717) is 10.1 Å². The Morgan fingerprint density at radius 2 is 2.19 bits per heavy atom. The summed E-state index contributed by atoms with van der Waals surface area (Å²) in [4.78, 5) is 20.1. The van der Waals surface area contributed by atoms with Crippen molar-refractivity contribution < 1.29 is 0 Å². The van der Waals surface area contributed by atoms with Gasteiger partial charge in [0.2, 0.25) is 0 Å². The van der Waals surface area contributed by atoms with E-state index in [2.05, 4.69) is 15.1 Å². The summed E-state index contributed by atoms with van der Waals surface area (Å²) in [5, 5.41) is 3.95. The summed E-state index contributed by atoms with van der Waals surface area (Å²) < 4.78 is 3.81. The van der Waals surface area contributed by atoms with Crippen molar-refractivity contribution in [3.8, 4) is 0 Å². The number of hydrogen-bond acceptors (Lipinski definition) is 4. The van der Waals surface area contributed by atoms with Crippen molar-refractivity contribution >= 4 is 22.6 Å². The lowest BCUT2D eigenvalue weighted by molar-refractivity contribution is 0.629. The maximum atomic E-state index is 11.9. The van der Waals surface area contributed by atoms with Gasteiger partial charge in [0.05, 0.1) is 22.1 Å². The summed E-state index contributed by atoms with van der Waals surface area (Å²) in [6, 6.07) is 0. The molecule has 16 heavy (non-hydrogen) atoms. The molecule has 0 atom stereocenters. The fourth-order valence-corrected chi connectivity index (χ4v) is 1.72. The van der Waals surface area contributed by atoms with Crippen LogP contribution in [-0.4, -0.2) is 24.3 Å². The van der Waals surface area contributed by atoms with Crippen LogP contribution in [0.2, 0.25) is 0 Å². The molecule has 0 N–H and O–H groups in total. The molecular weight excluding hydrogens is 321 g/mol. The second-order valence-electron chi connectivity index (χ2n) is 3.38. The standard InChI is InChI=1S/C9H10IN5O/c1-6-8(10)9(16)15(5-12-6)3-7-11-4-13-14(7)2/h4-5H,3H2,1-2H3. The van der Waals surface area contributed by atoms with Crippen LogP contribution in [0.4, 0.5) is 0 Å². The lowest BCUT2D eigenvalue weighted by Gasteiger charge is -2.05. The summed E-state index contributed by atoms with van der Waals surface area (Å²) in [6.07, 6.45) is 3.00. The Morgan fingerprint density at radius 1 is 1.44 bits per heavy atom. The fraction of sp³-hybridized carbons (Fsp3) is 0.333. The van der Waals surface area contributed by atoms with Crippen LogP contribution in [0.25, 0.3) is 0 Å². The number of nitrogens with zero attached hydrogens (tertiary/aromatic N) is 5. The van der Waals surface area contributed by atoms with E-state index in [4.69, 9.17) is 0 Å². The Labute approximate surface area is 105 Å². The van der Waals surface area contributed by atoms with Crippen molar-refractivity contribution in [2.45, 2.75) is 13.5 Å². The van der Waals surface area contributed by atoms with Crippen molar-refractivity contribution in [1.29, 1.82) is 0 Å². The maximum Gasteiger partial charge on any atom is 0.267 e. The van der Waals surface area contributed by atoms with Gasteiger partial charge in [-0.1, -0.05) is 0 Å². The summed E-state index contributed by atoms with van der Waals surface area (Å²) in [5.74, 6) is 0.726. The summed E-state index contributed by atoms with van der Waals surface area (Å²) in [6.45, 7) is 2.20. The van der Waals surface area contributed by atoms with Gasteiger partial charge in [-0.15, -0.1) is 0 Å². The number of halogens is 1. The molecule has 0 radical (unpaired) electrons. The zero-order valence-electron chi connectivity index (χ0n) is 8.88. The predicted molar refractivity (Wildman–Crippen MR) is 66.1 cm³/mol. The molecule has 0 aliphatic heterocycles. The van der Waals surface area contributed by atoms with Crippen LogP contribution < -0.4 is 5.56 Å². The van der Waals surface area contributed by atoms with Crippen molar-refractivity contribution in [2.75, 3.05) is 0 Å². The van der Waals surface area contributed by atoms with Gasteiger partial charge in [-0.25, -0.2) is 9.97 Å². The highest BCUT2D eigenvalue weighted by Crippen LogP contribution is 2.02. The molecule has 0 unspecified atom stereocenters. The first-order valence-corrected chi connectivity index (χ1v) is 5.72. The van der Waals surface area contributed by atoms with Crippen LogP contribution in [0.3, 0.4) is 0 Å². The van der Waals surface area contributed by atoms with Gasteiger partial charge in [0.25, 0.3) is 5.56 Å². The van der Waals surface area contributed by atoms with Gasteiger partial charge in [0.15, 0.2) is 0 Å². The fourth-order valence-electron chi connectivity index (χ4n) is 1.27. The first-order chi connectivity index (χ1) is 7.59. The number of aryl methyl sites for hydroxylation is 2. The van der Waals surface area contributed by atoms with Crippen LogP contribution in [0.1, 0.15) is 11.5 Å². The van der Waals surface area contributed by atoms with Crippen molar-refractivity contribution in [3.05, 3.63) is 38.1 Å². The smallest absolute Gasteiger partial charge is 0.267 e. The molecular formula is C9H10IN5O. The molecule has 84 valence electrons. The van der Waals surface area contributed by atoms with Crippen molar-refractivity contribution in [3.63, 3.8) is 0 Å². The second-order valence-corrected chi connectivity index (χ2v) is 4.46. The molecule has 0 saturated heterocycles. The molecule has 0 spiro atoms. The molecule has 2 rings (SSSR count). The van der Waals surface area contributed by atoms with Crippen LogP contribution >= 0.6 is 22.6 Å². The third-order valence-corrected chi connectivity index (χ3v) is 3.52. The normalized spacial score (nSPS) is 10.7. The zero-order chi connectivity index (χ0) is 11.7. The molecule has 0 bridgehead atoms. The SMILES string of the molecule is Cc1ncn(Cc2ncnn2C)c(=O)c1I. The van der Waals surface area contributed by atoms with E-state index in [0.717, 1.165) is 11.5 Å². The molecule has 0 saturated carbocycles. The van der Waals surface area contributed by atoms with Crippen LogP contribution in [0.5, 0.6) is 0 Å². The molecule has 2 heterocycles. The molecule has 0 aromatic carbocycles. The van der Waals surface area contributed by atoms with E-state index >= 15 is 0 Å². The van der Waals surface area contributed by atoms with Crippen LogP contribution in [0, 0.1) is 10.5 Å². The zero-order valence-corrected chi connectivity index (χ0v) is 11.0. The Balaban J connectivity index is 2.40. The Kier molecular flexibility index (Phi) is 3.03. The Bertz CT molecular complexity index is 574. The third kappa shape index (κ3) is 1.99. The second kappa shape index (κ2) is 4.32. The highest BCUT2D eigenvalue weighted by atomic mass is 127. The molecule has 0 aliphatic rings. The highest BCUT2D eigenvalue weighted by Gasteiger charge is 2.08. The summed E-state index contributed by atoms with van der Waals surface area (Å²) in [7, 11) is 1.79. The van der Waals surface area contributed by atoms with Gasteiger partial charge in [0.1, 0.15) is 12.2 Å². The lowest BCUT2D eigenvalue weighted by atomic mass is 10.4. The van der Waals surface area contributed by atoms with Gasteiger partial charge < -0.3 is 0 Å². The number of aromatic nitrogens is 5. The quantitative estimate of drug-likeness (QED) is 0.744. The molecule has 0 fully saturated rings. The minimum atomic E-state index is -0.0453. The minimum Gasteiger partial charge on any atom is -0.291 e. The molecule has 0 amide bonds. The van der Waals surface area contributed by atoms with E-state index in [-0.39, 0.29) is 5.56 Å². The predicted octanol–water partition coefficient (Wildman–Crippen LogP) is 0.333. The first-order valence-electron chi connectivity index (χ1n) is 4.64. The van der Waals surface area contributed by atoms with Gasteiger partial charge in [-0.2, -0.15) is 5.10 Å². The third-order valence-electron chi connectivity index (χ3n) is 2.27. The van der Waals surface area contributed by atoms with Gasteiger partial charge in [-0.3, -0.25) is 14.0 Å². The minimum absolute atomic E-state index is 0.0453. The van der Waals surface area contributed by atoms with Crippen LogP contribution in [0.15, 0.2) is 17.4 Å². The Hall–Kier alpha value is -1.25. The van der Waals surface area contributed by atoms with Gasteiger partial charge in [-0.05, 0) is 29.5 Å². The molecule has 2 aromatic rings. The maximum absolute atomic E-state index is 11.9. The highest BCUT2D eigenvalue weighted by molar-refractivity contribution is 14.1. The topological polar surface area (TPSA) is 65.6 Å². The average Bonchev–Trinajstić information content (AvgIpc) is 2.65. The Morgan fingerprint density at radius 3 is 2.81 bits per heavy atom. The first kappa shape index (κ1) is 11.2. The molecule has 0 aliphatic carbocycles. The number of hydrogen-bond donors (Lipinski definition) is 0. The largest absolute Gasteiger partial charge is 0.291 e. The molecule has 6 nitrogen and oxygen atoms in total.